The van der Waals surface area contributed by atoms with E-state index in [4.69, 9.17) is 0 Å². The zero-order valence-electron chi connectivity index (χ0n) is 8.69. The molecule has 0 fully saturated rings. The second-order valence-corrected chi connectivity index (χ2v) is 4.80. The third-order valence-corrected chi connectivity index (χ3v) is 2.79. The maximum Gasteiger partial charge on any atom is 0.196 e. The summed E-state index contributed by atoms with van der Waals surface area (Å²) in [6, 6.07) is 18.4. The van der Waals surface area contributed by atoms with Crippen LogP contribution in [0.2, 0.25) is 0 Å². The van der Waals surface area contributed by atoms with E-state index in [1.165, 1.54) is 11.1 Å². The summed E-state index contributed by atoms with van der Waals surface area (Å²) in [6.45, 7) is 0. The molecular formula is C14H11IO. The van der Waals surface area contributed by atoms with Crippen LogP contribution in [0.5, 0.6) is 0 Å². The third kappa shape index (κ3) is 2.92. The molecule has 0 saturated carbocycles. The second kappa shape index (κ2) is 5.25. The predicted octanol–water partition coefficient (Wildman–Crippen LogP) is 3.86. The van der Waals surface area contributed by atoms with Crippen molar-refractivity contribution in [2.24, 2.45) is 0 Å². The van der Waals surface area contributed by atoms with Gasteiger partial charge < -0.3 is 0 Å². The van der Waals surface area contributed by atoms with Crippen LogP contribution in [-0.4, -0.2) is 3.79 Å². The topological polar surface area (TPSA) is 17.1 Å². The normalized spacial score (nSPS) is 10.1. The summed E-state index contributed by atoms with van der Waals surface area (Å²) in [5.41, 5.74) is 3.46. The Morgan fingerprint density at radius 3 is 2.00 bits per heavy atom. The molecule has 0 aliphatic carbocycles. The SMILES string of the molecule is O=C(I)Cc1ccc(-c2ccccc2)cc1. The summed E-state index contributed by atoms with van der Waals surface area (Å²) in [4.78, 5) is 11.0. The average Bonchev–Trinajstić information content (AvgIpc) is 2.30. The fraction of sp³-hybridized carbons (Fsp3) is 0.0714. The number of hydrogen-bond acceptors (Lipinski definition) is 1. The van der Waals surface area contributed by atoms with Gasteiger partial charge in [0.05, 0.1) is 0 Å². The molecule has 0 radical (unpaired) electrons. The highest BCUT2D eigenvalue weighted by Gasteiger charge is 2.00. The number of benzene rings is 2. The van der Waals surface area contributed by atoms with Gasteiger partial charge in [0.2, 0.25) is 0 Å². The summed E-state index contributed by atoms with van der Waals surface area (Å²) < 4.78 is 0.171. The second-order valence-electron chi connectivity index (χ2n) is 3.59. The smallest absolute Gasteiger partial charge is 0.196 e. The van der Waals surface area contributed by atoms with Crippen LogP contribution < -0.4 is 0 Å². The van der Waals surface area contributed by atoms with Crippen LogP contribution in [0.25, 0.3) is 11.1 Å². The third-order valence-electron chi connectivity index (χ3n) is 2.40. The highest BCUT2D eigenvalue weighted by molar-refractivity contribution is 14.1. The summed E-state index contributed by atoms with van der Waals surface area (Å²) in [6.07, 6.45) is 0.510. The molecule has 1 nitrogen and oxygen atoms in total. The van der Waals surface area contributed by atoms with E-state index < -0.39 is 0 Å². The van der Waals surface area contributed by atoms with Gasteiger partial charge in [-0.05, 0) is 39.3 Å². The molecule has 2 aromatic rings. The lowest BCUT2D eigenvalue weighted by Gasteiger charge is -2.02. The average molecular weight is 322 g/mol. The zero-order chi connectivity index (χ0) is 11.4. The van der Waals surface area contributed by atoms with E-state index in [0.717, 1.165) is 5.56 Å². The molecule has 16 heavy (non-hydrogen) atoms. The molecule has 0 aliphatic heterocycles. The van der Waals surface area contributed by atoms with Crippen LogP contribution in [-0.2, 0) is 11.2 Å². The van der Waals surface area contributed by atoms with Crippen LogP contribution >= 0.6 is 22.6 Å². The number of carbonyl (C=O) groups excluding carboxylic acids is 1. The quantitative estimate of drug-likeness (QED) is 0.619. The molecule has 0 amide bonds. The van der Waals surface area contributed by atoms with Crippen LogP contribution in [0.1, 0.15) is 5.56 Å². The van der Waals surface area contributed by atoms with Gasteiger partial charge in [0.25, 0.3) is 0 Å². The largest absolute Gasteiger partial charge is 0.287 e. The molecule has 0 unspecified atom stereocenters. The van der Waals surface area contributed by atoms with E-state index in [2.05, 4.69) is 24.3 Å². The van der Waals surface area contributed by atoms with Crippen molar-refractivity contribution in [1.29, 1.82) is 0 Å². The van der Waals surface area contributed by atoms with Crippen LogP contribution in [0, 0.1) is 0 Å². The lowest BCUT2D eigenvalue weighted by molar-refractivity contribution is -0.108. The molecule has 0 spiro atoms. The maximum absolute atomic E-state index is 11.0. The zero-order valence-corrected chi connectivity index (χ0v) is 10.8. The first kappa shape index (κ1) is 11.3. The number of carbonyl (C=O) groups is 1. The van der Waals surface area contributed by atoms with Gasteiger partial charge in [-0.3, -0.25) is 4.79 Å². The number of hydrogen-bond donors (Lipinski definition) is 0. The summed E-state index contributed by atoms with van der Waals surface area (Å²) >= 11 is 1.83. The van der Waals surface area contributed by atoms with Crippen molar-refractivity contribution in [2.75, 3.05) is 0 Å². The highest BCUT2D eigenvalue weighted by atomic mass is 127. The molecule has 2 rings (SSSR count). The molecule has 0 aliphatic rings. The van der Waals surface area contributed by atoms with Gasteiger partial charge in [-0.25, -0.2) is 0 Å². The molecule has 2 heteroatoms. The van der Waals surface area contributed by atoms with Gasteiger partial charge in [0.15, 0.2) is 3.79 Å². The van der Waals surface area contributed by atoms with Gasteiger partial charge in [-0.1, -0.05) is 54.6 Å². The lowest BCUT2D eigenvalue weighted by atomic mass is 10.0. The van der Waals surface area contributed by atoms with Crippen molar-refractivity contribution < 1.29 is 4.79 Å². The lowest BCUT2D eigenvalue weighted by Crippen LogP contribution is -1.91. The van der Waals surface area contributed by atoms with E-state index in [1.807, 2.05) is 52.9 Å². The van der Waals surface area contributed by atoms with Crippen LogP contribution in [0.4, 0.5) is 0 Å². The minimum atomic E-state index is 0.171. The molecule has 80 valence electrons. The Bertz CT molecular complexity index is 474. The maximum atomic E-state index is 11.0. The van der Waals surface area contributed by atoms with Gasteiger partial charge >= 0.3 is 0 Å². The first-order chi connectivity index (χ1) is 7.75. The molecule has 0 bridgehead atoms. The first-order valence-corrected chi connectivity index (χ1v) is 6.16. The van der Waals surface area contributed by atoms with Gasteiger partial charge in [0.1, 0.15) is 0 Å². The van der Waals surface area contributed by atoms with Crippen molar-refractivity contribution in [1.82, 2.24) is 0 Å². The van der Waals surface area contributed by atoms with E-state index in [0.29, 0.717) is 6.42 Å². The minimum absolute atomic E-state index is 0.171. The standard InChI is InChI=1S/C14H11IO/c15-14(16)10-11-6-8-13(9-7-11)12-4-2-1-3-5-12/h1-9H,10H2. The molecular weight excluding hydrogens is 311 g/mol. The van der Waals surface area contributed by atoms with Crippen LogP contribution in [0.15, 0.2) is 54.6 Å². The fourth-order valence-electron chi connectivity index (χ4n) is 1.61. The Kier molecular flexibility index (Phi) is 3.72. The Balaban J connectivity index is 2.23. The molecule has 2 aromatic carbocycles. The fourth-order valence-corrected chi connectivity index (χ4v) is 2.05. The summed E-state index contributed by atoms with van der Waals surface area (Å²) in [7, 11) is 0. The van der Waals surface area contributed by atoms with Crippen molar-refractivity contribution >= 4 is 26.4 Å². The Morgan fingerprint density at radius 2 is 1.44 bits per heavy atom. The number of rotatable bonds is 3. The molecule has 0 atom stereocenters. The van der Waals surface area contributed by atoms with Crippen molar-refractivity contribution in [3.05, 3.63) is 60.2 Å². The van der Waals surface area contributed by atoms with Gasteiger partial charge in [0, 0.05) is 6.42 Å². The van der Waals surface area contributed by atoms with Crippen molar-refractivity contribution in [2.45, 2.75) is 6.42 Å². The van der Waals surface area contributed by atoms with Crippen molar-refractivity contribution in [3.63, 3.8) is 0 Å². The molecule has 0 saturated heterocycles. The number of halogens is 1. The van der Waals surface area contributed by atoms with Crippen molar-refractivity contribution in [3.8, 4) is 11.1 Å². The Hall–Kier alpha value is -1.16. The van der Waals surface area contributed by atoms with E-state index in [9.17, 15) is 4.79 Å². The van der Waals surface area contributed by atoms with E-state index in [1.54, 1.807) is 0 Å². The summed E-state index contributed by atoms with van der Waals surface area (Å²) in [5, 5.41) is 0. The van der Waals surface area contributed by atoms with Crippen LogP contribution in [0.3, 0.4) is 0 Å². The van der Waals surface area contributed by atoms with Gasteiger partial charge in [-0.2, -0.15) is 0 Å². The van der Waals surface area contributed by atoms with E-state index >= 15 is 0 Å². The summed E-state index contributed by atoms with van der Waals surface area (Å²) in [5.74, 6) is 0. The van der Waals surface area contributed by atoms with Gasteiger partial charge in [-0.15, -0.1) is 0 Å². The Morgan fingerprint density at radius 1 is 0.875 bits per heavy atom. The molecule has 0 aromatic heterocycles. The predicted molar refractivity (Wildman–Crippen MR) is 74.6 cm³/mol. The first-order valence-electron chi connectivity index (χ1n) is 5.08. The monoisotopic (exact) mass is 322 g/mol. The minimum Gasteiger partial charge on any atom is -0.287 e. The Labute approximate surface area is 109 Å². The highest BCUT2D eigenvalue weighted by Crippen LogP contribution is 2.19. The molecule has 0 N–H and O–H groups in total. The molecule has 0 heterocycles. The van der Waals surface area contributed by atoms with E-state index in [-0.39, 0.29) is 3.79 Å².